The minimum absolute atomic E-state index is 0.307. The van der Waals surface area contributed by atoms with Gasteiger partial charge in [0, 0.05) is 27.7 Å². The van der Waals surface area contributed by atoms with Gasteiger partial charge in [-0.1, -0.05) is 23.7 Å². The van der Waals surface area contributed by atoms with Gasteiger partial charge >= 0.3 is 0 Å². The molecular weight excluding hydrogens is 460 g/mol. The average molecular weight is 487 g/mol. The number of anilines is 1. The number of amides is 1. The molecule has 0 saturated carbocycles. The van der Waals surface area contributed by atoms with Gasteiger partial charge in [-0.2, -0.15) is 5.10 Å². The number of hydrogen-bond donors (Lipinski definition) is 1. The predicted octanol–water partition coefficient (Wildman–Crippen LogP) is 4.28. The fourth-order valence-electron chi connectivity index (χ4n) is 3.77. The van der Waals surface area contributed by atoms with Crippen LogP contribution in [0.3, 0.4) is 0 Å². The Balaban J connectivity index is 1.76. The lowest BCUT2D eigenvalue weighted by atomic mass is 10.1. The maximum atomic E-state index is 12.4. The molecule has 0 aliphatic rings. The van der Waals surface area contributed by atoms with Crippen LogP contribution in [0.5, 0.6) is 0 Å². The summed E-state index contributed by atoms with van der Waals surface area (Å²) in [5.74, 6) is -0.570. The number of rotatable bonds is 7. The molecule has 174 valence electrons. The first-order valence-electron chi connectivity index (χ1n) is 10.3. The van der Waals surface area contributed by atoms with Crippen molar-refractivity contribution in [3.8, 4) is 5.69 Å². The number of carbonyl (C=O) groups excluding carboxylic acids is 1. The summed E-state index contributed by atoms with van der Waals surface area (Å²) in [5, 5.41) is 4.42. The van der Waals surface area contributed by atoms with E-state index in [0.29, 0.717) is 10.7 Å². The third kappa shape index (κ3) is 6.03. The van der Waals surface area contributed by atoms with Gasteiger partial charge in [-0.05, 0) is 75.2 Å². The van der Waals surface area contributed by atoms with Crippen LogP contribution >= 0.6 is 11.6 Å². The van der Waals surface area contributed by atoms with Gasteiger partial charge in [0.15, 0.2) is 0 Å². The summed E-state index contributed by atoms with van der Waals surface area (Å²) in [6.07, 6.45) is 2.59. The highest BCUT2D eigenvalue weighted by molar-refractivity contribution is 7.92. The van der Waals surface area contributed by atoms with E-state index in [2.05, 4.69) is 47.1 Å². The van der Waals surface area contributed by atoms with Crippen LogP contribution < -0.4 is 9.73 Å². The van der Waals surface area contributed by atoms with Crippen LogP contribution in [0.1, 0.15) is 28.1 Å². The van der Waals surface area contributed by atoms with E-state index in [9.17, 15) is 13.2 Å². The van der Waals surface area contributed by atoms with Crippen molar-refractivity contribution in [3.63, 3.8) is 0 Å². The van der Waals surface area contributed by atoms with Crippen LogP contribution in [0.15, 0.2) is 53.6 Å². The van der Waals surface area contributed by atoms with Crippen molar-refractivity contribution in [3.05, 3.63) is 81.6 Å². The molecule has 33 heavy (non-hydrogen) atoms. The van der Waals surface area contributed by atoms with E-state index in [4.69, 9.17) is 11.6 Å². The molecule has 0 spiro atoms. The number of aromatic nitrogens is 1. The average Bonchev–Trinajstić information content (AvgIpc) is 2.97. The summed E-state index contributed by atoms with van der Waals surface area (Å²) in [7, 11) is -3.70. The van der Waals surface area contributed by atoms with Crippen molar-refractivity contribution < 1.29 is 13.2 Å². The second kappa shape index (κ2) is 9.80. The summed E-state index contributed by atoms with van der Waals surface area (Å²) < 4.78 is 27.5. The number of aryl methyl sites for hydroxylation is 3. The highest BCUT2D eigenvalue weighted by Crippen LogP contribution is 2.23. The van der Waals surface area contributed by atoms with E-state index in [0.717, 1.165) is 33.2 Å². The monoisotopic (exact) mass is 486 g/mol. The first-order valence-corrected chi connectivity index (χ1v) is 12.5. The van der Waals surface area contributed by atoms with Crippen molar-refractivity contribution >= 4 is 39.4 Å². The molecule has 1 heterocycles. The molecule has 1 aromatic heterocycles. The molecule has 1 N–H and O–H groups in total. The third-order valence-corrected chi connectivity index (χ3v) is 6.49. The molecule has 0 saturated heterocycles. The van der Waals surface area contributed by atoms with Gasteiger partial charge < -0.3 is 4.57 Å². The number of sulfonamides is 1. The Kier molecular flexibility index (Phi) is 7.29. The Bertz CT molecular complexity index is 1310. The van der Waals surface area contributed by atoms with Gasteiger partial charge in [0.1, 0.15) is 6.54 Å². The molecule has 3 rings (SSSR count). The first kappa shape index (κ1) is 24.5. The Hall–Kier alpha value is -3.10. The topological polar surface area (TPSA) is 83.8 Å². The number of hydrogen-bond acceptors (Lipinski definition) is 4. The number of nitrogens with zero attached hydrogens (tertiary/aromatic N) is 3. The highest BCUT2D eigenvalue weighted by atomic mass is 35.5. The summed E-state index contributed by atoms with van der Waals surface area (Å²) >= 11 is 5.97. The van der Waals surface area contributed by atoms with Crippen molar-refractivity contribution in [1.82, 2.24) is 9.99 Å². The smallest absolute Gasteiger partial charge is 0.260 e. The van der Waals surface area contributed by atoms with Gasteiger partial charge in [0.2, 0.25) is 10.0 Å². The van der Waals surface area contributed by atoms with Crippen LogP contribution in [-0.2, 0) is 14.8 Å². The summed E-state index contributed by atoms with van der Waals surface area (Å²) in [6.45, 7) is 7.70. The molecule has 1 amide bonds. The second-order valence-electron chi connectivity index (χ2n) is 8.05. The predicted molar refractivity (Wildman–Crippen MR) is 134 cm³/mol. The molecule has 0 unspecified atom stereocenters. The molecule has 0 radical (unpaired) electrons. The number of benzene rings is 2. The lowest BCUT2D eigenvalue weighted by Crippen LogP contribution is -2.39. The van der Waals surface area contributed by atoms with Gasteiger partial charge in [0.25, 0.3) is 5.91 Å². The van der Waals surface area contributed by atoms with Crippen molar-refractivity contribution in [2.45, 2.75) is 27.7 Å². The van der Waals surface area contributed by atoms with Gasteiger partial charge in [-0.15, -0.1) is 0 Å². The lowest BCUT2D eigenvalue weighted by Gasteiger charge is -2.21. The number of hydrazone groups is 1. The minimum Gasteiger partial charge on any atom is -0.318 e. The van der Waals surface area contributed by atoms with Crippen LogP contribution in [0, 0.1) is 27.7 Å². The normalized spacial score (nSPS) is 11.7. The Morgan fingerprint density at radius 1 is 1.09 bits per heavy atom. The number of carbonyl (C=O) groups is 1. The molecule has 9 heteroatoms. The number of nitrogens with one attached hydrogen (secondary N) is 1. The Morgan fingerprint density at radius 3 is 2.36 bits per heavy atom. The molecule has 0 aliphatic carbocycles. The fourth-order valence-corrected chi connectivity index (χ4v) is 4.80. The lowest BCUT2D eigenvalue weighted by molar-refractivity contribution is -0.119. The van der Waals surface area contributed by atoms with Gasteiger partial charge in [0.05, 0.1) is 18.2 Å². The van der Waals surface area contributed by atoms with Crippen molar-refractivity contribution in [1.29, 1.82) is 0 Å². The molecule has 0 atom stereocenters. The summed E-state index contributed by atoms with van der Waals surface area (Å²) in [6, 6.07) is 14.7. The standard InChI is InChI=1S/C24H27ClN4O3S/c1-16-9-17(2)11-23(10-16)29-18(3)12-20(19(29)4)14-26-27-24(30)15-28(33(5,31)32)22-8-6-7-21(25)13-22/h6-14H,15H2,1-5H3,(H,27,30)/b26-14-. The maximum Gasteiger partial charge on any atom is 0.260 e. The zero-order chi connectivity index (χ0) is 24.3. The molecule has 0 bridgehead atoms. The second-order valence-corrected chi connectivity index (χ2v) is 10.4. The SMILES string of the molecule is Cc1cc(C)cc(-n2c(C)cc(/C=N\NC(=O)CN(c3cccc(Cl)c3)S(C)(=O)=O)c2C)c1. The molecule has 2 aromatic carbocycles. The van der Waals surface area contributed by atoms with E-state index >= 15 is 0 Å². The highest BCUT2D eigenvalue weighted by Gasteiger charge is 2.21. The zero-order valence-electron chi connectivity index (χ0n) is 19.3. The quantitative estimate of drug-likeness (QED) is 0.399. The van der Waals surface area contributed by atoms with Crippen LogP contribution in [0.2, 0.25) is 5.02 Å². The summed E-state index contributed by atoms with van der Waals surface area (Å²) in [4.78, 5) is 12.4. The maximum absolute atomic E-state index is 12.4. The van der Waals surface area contributed by atoms with E-state index in [1.54, 1.807) is 24.4 Å². The fraction of sp³-hybridized carbons (Fsp3) is 0.250. The molecule has 0 fully saturated rings. The largest absolute Gasteiger partial charge is 0.318 e. The van der Waals surface area contributed by atoms with Gasteiger partial charge in [-0.25, -0.2) is 13.8 Å². The third-order valence-electron chi connectivity index (χ3n) is 5.11. The van der Waals surface area contributed by atoms with Crippen molar-refractivity contribution in [2.75, 3.05) is 17.1 Å². The van der Waals surface area contributed by atoms with Crippen LogP contribution in [-0.4, -0.2) is 37.9 Å². The molecule has 3 aromatic rings. The summed E-state index contributed by atoms with van der Waals surface area (Å²) in [5.41, 5.74) is 9.00. The Labute approximate surface area is 199 Å². The van der Waals surface area contributed by atoms with Gasteiger partial charge in [-0.3, -0.25) is 9.10 Å². The molecular formula is C24H27ClN4O3S. The van der Waals surface area contributed by atoms with E-state index in [1.807, 2.05) is 19.9 Å². The van der Waals surface area contributed by atoms with E-state index < -0.39 is 22.5 Å². The number of halogens is 1. The van der Waals surface area contributed by atoms with Crippen LogP contribution in [0.25, 0.3) is 5.69 Å². The Morgan fingerprint density at radius 2 is 1.76 bits per heavy atom. The minimum atomic E-state index is -3.70. The van der Waals surface area contributed by atoms with E-state index in [1.165, 1.54) is 17.2 Å². The molecule has 7 nitrogen and oxygen atoms in total. The van der Waals surface area contributed by atoms with E-state index in [-0.39, 0.29) is 0 Å². The first-order chi connectivity index (χ1) is 15.5. The molecule has 0 aliphatic heterocycles. The van der Waals surface area contributed by atoms with Crippen molar-refractivity contribution in [2.24, 2.45) is 5.10 Å². The van der Waals surface area contributed by atoms with Crippen LogP contribution in [0.4, 0.5) is 5.69 Å². The zero-order valence-corrected chi connectivity index (χ0v) is 20.8.